The fourth-order valence-electron chi connectivity index (χ4n) is 2.91. The number of nitrogens with zero attached hydrogens (tertiary/aromatic N) is 3. The first-order valence-corrected chi connectivity index (χ1v) is 9.86. The Morgan fingerprint density at radius 3 is 2.75 bits per heavy atom. The van der Waals surface area contributed by atoms with E-state index < -0.39 is 0 Å². The van der Waals surface area contributed by atoms with E-state index in [1.54, 1.807) is 24.0 Å². The number of aryl methyl sites for hydroxylation is 1. The first-order valence-electron chi connectivity index (χ1n) is 9.04. The van der Waals surface area contributed by atoms with E-state index in [1.807, 2.05) is 24.3 Å². The third-order valence-electron chi connectivity index (χ3n) is 4.42. The Balaban J connectivity index is 1.48. The number of rotatable bonds is 5. The molecule has 3 aromatic rings. The maximum Gasteiger partial charge on any atom is 0.223 e. The van der Waals surface area contributed by atoms with E-state index in [9.17, 15) is 5.26 Å². The minimum Gasteiger partial charge on any atom is -0.354 e. The second-order valence-corrected chi connectivity index (χ2v) is 7.52. The minimum atomic E-state index is 0.519. The van der Waals surface area contributed by atoms with Crippen LogP contribution in [0, 0.1) is 18.3 Å². The van der Waals surface area contributed by atoms with E-state index in [-0.39, 0.29) is 0 Å². The molecule has 0 bridgehead atoms. The highest BCUT2D eigenvalue weighted by atomic mass is 32.2. The first kappa shape index (κ1) is 18.1. The summed E-state index contributed by atoms with van der Waals surface area (Å²) in [7, 11) is 0. The van der Waals surface area contributed by atoms with Crippen molar-refractivity contribution in [1.29, 1.82) is 5.26 Å². The van der Waals surface area contributed by atoms with Crippen LogP contribution in [0.5, 0.6) is 0 Å². The van der Waals surface area contributed by atoms with Crippen molar-refractivity contribution < 1.29 is 0 Å². The second kappa shape index (κ2) is 8.15. The number of hydrogen-bond acceptors (Lipinski definition) is 6. The number of fused-ring (bicyclic) bond motifs is 1. The molecule has 0 saturated heterocycles. The van der Waals surface area contributed by atoms with Crippen molar-refractivity contribution in [2.75, 3.05) is 17.2 Å². The highest BCUT2D eigenvalue weighted by molar-refractivity contribution is 8.04. The van der Waals surface area contributed by atoms with Gasteiger partial charge in [-0.05, 0) is 37.1 Å². The lowest BCUT2D eigenvalue weighted by Crippen LogP contribution is -2.09. The smallest absolute Gasteiger partial charge is 0.223 e. The van der Waals surface area contributed by atoms with Crippen LogP contribution in [0.3, 0.4) is 0 Å². The van der Waals surface area contributed by atoms with Gasteiger partial charge in [0, 0.05) is 17.6 Å². The van der Waals surface area contributed by atoms with Gasteiger partial charge in [0.25, 0.3) is 0 Å². The predicted molar refractivity (Wildman–Crippen MR) is 114 cm³/mol. The number of para-hydroxylation sites is 1. The molecule has 2 N–H and O–H groups in total. The lowest BCUT2D eigenvalue weighted by molar-refractivity contribution is 0.980. The molecule has 138 valence electrons. The van der Waals surface area contributed by atoms with Crippen LogP contribution in [0.2, 0.25) is 0 Å². The topological polar surface area (TPSA) is 73.6 Å². The Morgan fingerprint density at radius 1 is 1.14 bits per heavy atom. The molecular formula is C22H19N5S. The van der Waals surface area contributed by atoms with E-state index >= 15 is 0 Å². The number of allylic oxidation sites excluding steroid dienone is 1. The van der Waals surface area contributed by atoms with E-state index in [4.69, 9.17) is 0 Å². The summed E-state index contributed by atoms with van der Waals surface area (Å²) in [5, 5.41) is 17.1. The van der Waals surface area contributed by atoms with Gasteiger partial charge >= 0.3 is 0 Å². The van der Waals surface area contributed by atoms with E-state index in [2.05, 4.69) is 57.9 Å². The van der Waals surface area contributed by atoms with Gasteiger partial charge in [0.05, 0.1) is 16.4 Å². The van der Waals surface area contributed by atoms with Crippen molar-refractivity contribution >= 4 is 29.0 Å². The zero-order valence-electron chi connectivity index (χ0n) is 15.4. The molecule has 2 heterocycles. The van der Waals surface area contributed by atoms with Crippen molar-refractivity contribution in [3.05, 3.63) is 82.6 Å². The number of nitriles is 1. The standard InChI is InChI=1S/C22H19N5S/c1-15-6-8-16(9-7-15)10-12-24-22-25-13-11-18(27-22)17(14-23)21-26-19-4-2-3-5-20(19)28-21/h2-9,11,13,26H,10,12H2,1H3,(H,24,25,27)/b21-17+. The summed E-state index contributed by atoms with van der Waals surface area (Å²) in [6, 6.07) is 20.5. The third kappa shape index (κ3) is 4.00. The monoisotopic (exact) mass is 385 g/mol. The zero-order chi connectivity index (χ0) is 19.3. The average molecular weight is 385 g/mol. The number of anilines is 2. The molecule has 0 aliphatic carbocycles. The van der Waals surface area contributed by atoms with Crippen molar-refractivity contribution in [2.45, 2.75) is 18.2 Å². The van der Waals surface area contributed by atoms with Gasteiger partial charge in [-0.15, -0.1) is 0 Å². The molecule has 28 heavy (non-hydrogen) atoms. The van der Waals surface area contributed by atoms with Crippen molar-refractivity contribution in [3.8, 4) is 6.07 Å². The van der Waals surface area contributed by atoms with Crippen molar-refractivity contribution in [2.24, 2.45) is 0 Å². The van der Waals surface area contributed by atoms with Crippen LogP contribution >= 0.6 is 11.8 Å². The van der Waals surface area contributed by atoms with Crippen LogP contribution in [-0.2, 0) is 6.42 Å². The molecule has 0 radical (unpaired) electrons. The van der Waals surface area contributed by atoms with Crippen LogP contribution in [0.4, 0.5) is 11.6 Å². The number of thioether (sulfide) groups is 1. The van der Waals surface area contributed by atoms with E-state index in [1.165, 1.54) is 11.1 Å². The van der Waals surface area contributed by atoms with Gasteiger partial charge in [-0.25, -0.2) is 9.97 Å². The molecule has 5 nitrogen and oxygen atoms in total. The normalized spacial score (nSPS) is 14.0. The average Bonchev–Trinajstić information content (AvgIpc) is 3.14. The number of benzene rings is 2. The highest BCUT2D eigenvalue weighted by Crippen LogP contribution is 2.43. The van der Waals surface area contributed by atoms with Crippen LogP contribution in [0.15, 0.2) is 70.7 Å². The van der Waals surface area contributed by atoms with Crippen molar-refractivity contribution in [1.82, 2.24) is 9.97 Å². The zero-order valence-corrected chi connectivity index (χ0v) is 16.3. The lowest BCUT2D eigenvalue weighted by atomic mass is 10.1. The molecular weight excluding hydrogens is 366 g/mol. The van der Waals surface area contributed by atoms with E-state index in [0.717, 1.165) is 28.6 Å². The van der Waals surface area contributed by atoms with Crippen molar-refractivity contribution in [3.63, 3.8) is 0 Å². The van der Waals surface area contributed by atoms with Crippen LogP contribution in [0.1, 0.15) is 16.8 Å². The highest BCUT2D eigenvalue weighted by Gasteiger charge is 2.20. The Labute approximate surface area is 168 Å². The second-order valence-electron chi connectivity index (χ2n) is 6.47. The van der Waals surface area contributed by atoms with Gasteiger partial charge in [0.1, 0.15) is 11.6 Å². The lowest BCUT2D eigenvalue weighted by Gasteiger charge is -2.08. The summed E-state index contributed by atoms with van der Waals surface area (Å²) < 4.78 is 0. The summed E-state index contributed by atoms with van der Waals surface area (Å²) in [5.41, 5.74) is 4.66. The van der Waals surface area contributed by atoms with Gasteiger partial charge in [-0.3, -0.25) is 0 Å². The number of aromatic nitrogens is 2. The SMILES string of the molecule is Cc1ccc(CCNc2nccc(/C(C#N)=C3\Nc4ccccc4S3)n2)cc1. The largest absolute Gasteiger partial charge is 0.354 e. The third-order valence-corrected chi connectivity index (χ3v) is 5.50. The first-order chi connectivity index (χ1) is 13.7. The Hall–Kier alpha value is -3.30. The Kier molecular flexibility index (Phi) is 5.27. The molecule has 0 atom stereocenters. The maximum atomic E-state index is 9.71. The Morgan fingerprint density at radius 2 is 1.96 bits per heavy atom. The fourth-order valence-corrected chi connectivity index (χ4v) is 3.92. The van der Waals surface area contributed by atoms with Crippen LogP contribution in [0.25, 0.3) is 5.57 Å². The minimum absolute atomic E-state index is 0.519. The Bertz CT molecular complexity index is 1040. The molecule has 1 aromatic heterocycles. The molecule has 1 aliphatic heterocycles. The molecule has 0 spiro atoms. The number of hydrogen-bond donors (Lipinski definition) is 2. The molecule has 0 fully saturated rings. The molecule has 4 rings (SSSR count). The van der Waals surface area contributed by atoms with Crippen LogP contribution < -0.4 is 10.6 Å². The quantitative estimate of drug-likeness (QED) is 0.612. The van der Waals surface area contributed by atoms with Gasteiger partial charge in [0.15, 0.2) is 0 Å². The van der Waals surface area contributed by atoms with E-state index in [0.29, 0.717) is 17.2 Å². The summed E-state index contributed by atoms with van der Waals surface area (Å²) in [6.07, 6.45) is 2.56. The summed E-state index contributed by atoms with van der Waals surface area (Å²) in [6.45, 7) is 2.81. The fraction of sp³-hybridized carbons (Fsp3) is 0.136. The van der Waals surface area contributed by atoms with Gasteiger partial charge < -0.3 is 10.6 Å². The molecule has 0 unspecified atom stereocenters. The summed E-state index contributed by atoms with van der Waals surface area (Å²) >= 11 is 1.55. The van der Waals surface area contributed by atoms with Gasteiger partial charge in [-0.2, -0.15) is 5.26 Å². The summed E-state index contributed by atoms with van der Waals surface area (Å²) in [4.78, 5) is 9.93. The van der Waals surface area contributed by atoms with Gasteiger partial charge in [-0.1, -0.05) is 53.7 Å². The molecule has 0 amide bonds. The maximum absolute atomic E-state index is 9.71. The molecule has 6 heteroatoms. The summed E-state index contributed by atoms with van der Waals surface area (Å²) in [5.74, 6) is 0.526. The molecule has 1 aliphatic rings. The van der Waals surface area contributed by atoms with Gasteiger partial charge in [0.2, 0.25) is 5.95 Å². The predicted octanol–water partition coefficient (Wildman–Crippen LogP) is 4.85. The molecule has 2 aromatic carbocycles. The van der Waals surface area contributed by atoms with Crippen LogP contribution in [-0.4, -0.2) is 16.5 Å². The molecule has 0 saturated carbocycles. The number of nitrogens with one attached hydrogen (secondary N) is 2.